The van der Waals surface area contributed by atoms with Gasteiger partial charge in [-0.2, -0.15) is 0 Å². The molecule has 0 radical (unpaired) electrons. The molecule has 0 spiro atoms. The Morgan fingerprint density at radius 1 is 1.29 bits per heavy atom. The van der Waals surface area contributed by atoms with Crippen LogP contribution in [-0.2, 0) is 14.3 Å². The highest BCUT2D eigenvalue weighted by Crippen LogP contribution is 2.12. The van der Waals surface area contributed by atoms with Gasteiger partial charge in [-0.15, -0.1) is 0 Å². The summed E-state index contributed by atoms with van der Waals surface area (Å²) in [6.07, 6.45) is 0. The highest BCUT2D eigenvalue weighted by Gasteiger charge is 2.23. The molecule has 0 aliphatic rings. The molecule has 0 saturated carbocycles. The van der Waals surface area contributed by atoms with E-state index in [9.17, 15) is 9.59 Å². The minimum absolute atomic E-state index is 0. The maximum Gasteiger partial charge on any atom is 0.397 e. The van der Waals surface area contributed by atoms with Crippen LogP contribution in [0.25, 0.3) is 0 Å². The van der Waals surface area contributed by atoms with E-state index in [1.165, 1.54) is 12.0 Å². The molecule has 0 bridgehead atoms. The zero-order chi connectivity index (χ0) is 12.0. The SMILES string of the molecule is COC(=O)C(=O)N(CC[NH3+])c1ccccc1.[Cl-]. The molecule has 1 rings (SSSR count). The van der Waals surface area contributed by atoms with Gasteiger partial charge in [-0.05, 0) is 12.1 Å². The predicted octanol–water partition coefficient (Wildman–Crippen LogP) is -3.56. The Kier molecular flexibility index (Phi) is 6.93. The second kappa shape index (κ2) is 7.65. The van der Waals surface area contributed by atoms with Crippen molar-refractivity contribution in [3.05, 3.63) is 30.3 Å². The first-order valence-electron chi connectivity index (χ1n) is 4.94. The van der Waals surface area contributed by atoms with Crippen molar-refractivity contribution in [3.63, 3.8) is 0 Å². The summed E-state index contributed by atoms with van der Waals surface area (Å²) in [7, 11) is 1.19. The van der Waals surface area contributed by atoms with Crippen molar-refractivity contribution in [2.45, 2.75) is 0 Å². The fourth-order valence-electron chi connectivity index (χ4n) is 1.31. The van der Waals surface area contributed by atoms with Crippen molar-refractivity contribution in [3.8, 4) is 0 Å². The second-order valence-corrected chi connectivity index (χ2v) is 3.14. The fraction of sp³-hybridized carbons (Fsp3) is 0.273. The number of esters is 1. The molecule has 0 saturated heterocycles. The quantitative estimate of drug-likeness (QED) is 0.450. The van der Waals surface area contributed by atoms with E-state index in [4.69, 9.17) is 0 Å². The number of amides is 1. The number of ether oxygens (including phenoxy) is 1. The molecule has 0 heterocycles. The van der Waals surface area contributed by atoms with Gasteiger partial charge in [0, 0.05) is 5.69 Å². The van der Waals surface area contributed by atoms with Crippen molar-refractivity contribution >= 4 is 17.6 Å². The smallest absolute Gasteiger partial charge is 0.397 e. The number of para-hydroxylation sites is 1. The van der Waals surface area contributed by atoms with Gasteiger partial charge in [0.25, 0.3) is 0 Å². The standard InChI is InChI=1S/C11H14N2O3.ClH/c1-16-11(15)10(14)13(8-7-12)9-5-3-2-4-6-9;/h2-6H,7-8,12H2,1H3;1H. The molecule has 0 unspecified atom stereocenters. The van der Waals surface area contributed by atoms with Crippen LogP contribution in [0, 0.1) is 0 Å². The van der Waals surface area contributed by atoms with Crippen molar-refractivity contribution in [2.75, 3.05) is 25.1 Å². The summed E-state index contributed by atoms with van der Waals surface area (Å²) < 4.78 is 4.41. The Morgan fingerprint density at radius 2 is 1.88 bits per heavy atom. The summed E-state index contributed by atoms with van der Waals surface area (Å²) in [5.41, 5.74) is 4.34. The zero-order valence-electron chi connectivity index (χ0n) is 9.56. The van der Waals surface area contributed by atoms with Gasteiger partial charge in [0.2, 0.25) is 0 Å². The number of carbonyl (C=O) groups is 2. The maximum absolute atomic E-state index is 11.7. The summed E-state index contributed by atoms with van der Waals surface area (Å²) in [4.78, 5) is 24.2. The van der Waals surface area contributed by atoms with Crippen molar-refractivity contribution in [2.24, 2.45) is 0 Å². The summed E-state index contributed by atoms with van der Waals surface area (Å²) in [5.74, 6) is -1.53. The number of halogens is 1. The molecule has 5 nitrogen and oxygen atoms in total. The first kappa shape index (κ1) is 15.4. The number of nitrogens with zero attached hydrogens (tertiary/aromatic N) is 1. The number of quaternary nitrogens is 1. The van der Waals surface area contributed by atoms with Crippen molar-refractivity contribution in [1.29, 1.82) is 0 Å². The van der Waals surface area contributed by atoms with Crippen LogP contribution in [0.1, 0.15) is 0 Å². The summed E-state index contributed by atoms with van der Waals surface area (Å²) in [5, 5.41) is 0. The van der Waals surface area contributed by atoms with Gasteiger partial charge in [0.15, 0.2) is 0 Å². The molecule has 0 atom stereocenters. The molecular formula is C11H15ClN2O3. The fourth-order valence-corrected chi connectivity index (χ4v) is 1.31. The normalized spacial score (nSPS) is 9.06. The molecule has 6 heteroatoms. The molecule has 94 valence electrons. The van der Waals surface area contributed by atoms with E-state index in [0.717, 1.165) is 0 Å². The lowest BCUT2D eigenvalue weighted by Gasteiger charge is -2.19. The Morgan fingerprint density at radius 3 is 2.35 bits per heavy atom. The highest BCUT2D eigenvalue weighted by molar-refractivity contribution is 6.38. The van der Waals surface area contributed by atoms with Gasteiger partial charge in [-0.25, -0.2) is 4.79 Å². The lowest BCUT2D eigenvalue weighted by molar-refractivity contribution is -0.363. The van der Waals surface area contributed by atoms with Crippen LogP contribution >= 0.6 is 0 Å². The number of rotatable bonds is 3. The third-order valence-electron chi connectivity index (χ3n) is 2.05. The third-order valence-corrected chi connectivity index (χ3v) is 2.05. The molecule has 0 aliphatic carbocycles. The maximum atomic E-state index is 11.7. The number of benzene rings is 1. The summed E-state index contributed by atoms with van der Waals surface area (Å²) in [6.45, 7) is 0.912. The van der Waals surface area contributed by atoms with Gasteiger partial charge >= 0.3 is 11.9 Å². The van der Waals surface area contributed by atoms with E-state index in [-0.39, 0.29) is 12.4 Å². The van der Waals surface area contributed by atoms with Crippen molar-refractivity contribution < 1.29 is 32.5 Å². The number of hydrogen-bond acceptors (Lipinski definition) is 3. The molecular weight excluding hydrogens is 244 g/mol. The Bertz CT molecular complexity index is 370. The largest absolute Gasteiger partial charge is 1.00 e. The lowest BCUT2D eigenvalue weighted by Crippen LogP contribution is -3.00. The predicted molar refractivity (Wildman–Crippen MR) is 58.6 cm³/mol. The van der Waals surface area contributed by atoms with Crippen LogP contribution in [0.15, 0.2) is 30.3 Å². The number of hydrogen-bond donors (Lipinski definition) is 1. The third kappa shape index (κ3) is 4.05. The molecule has 1 aromatic rings. The Balaban J connectivity index is 0.00000256. The van der Waals surface area contributed by atoms with Crippen molar-refractivity contribution in [1.82, 2.24) is 0 Å². The van der Waals surface area contributed by atoms with Gasteiger partial charge in [-0.3, -0.25) is 9.69 Å². The van der Waals surface area contributed by atoms with Gasteiger partial charge in [0.1, 0.15) is 0 Å². The topological polar surface area (TPSA) is 74.2 Å². The van der Waals surface area contributed by atoms with Gasteiger partial charge in [0.05, 0.1) is 20.2 Å². The summed E-state index contributed by atoms with van der Waals surface area (Å²) >= 11 is 0. The molecule has 17 heavy (non-hydrogen) atoms. The molecule has 1 aromatic carbocycles. The van der Waals surface area contributed by atoms with E-state index >= 15 is 0 Å². The van der Waals surface area contributed by atoms with Crippen LogP contribution in [0.4, 0.5) is 5.69 Å². The second-order valence-electron chi connectivity index (χ2n) is 3.14. The minimum atomic E-state index is -0.864. The average molecular weight is 259 g/mol. The molecule has 3 N–H and O–H groups in total. The molecule has 0 aliphatic heterocycles. The Labute approximate surface area is 106 Å². The molecule has 0 fully saturated rings. The van der Waals surface area contributed by atoms with Gasteiger partial charge in [-0.1, -0.05) is 18.2 Å². The Hall–Kier alpha value is -1.59. The van der Waals surface area contributed by atoms with Crippen LogP contribution < -0.4 is 23.0 Å². The van der Waals surface area contributed by atoms with E-state index in [2.05, 4.69) is 10.5 Å². The highest BCUT2D eigenvalue weighted by atomic mass is 35.5. The van der Waals surface area contributed by atoms with Gasteiger partial charge < -0.3 is 22.9 Å². The van der Waals surface area contributed by atoms with E-state index in [0.29, 0.717) is 18.8 Å². The van der Waals surface area contributed by atoms with Crippen LogP contribution in [-0.4, -0.2) is 32.1 Å². The molecule has 0 aromatic heterocycles. The zero-order valence-corrected chi connectivity index (χ0v) is 10.3. The monoisotopic (exact) mass is 258 g/mol. The van der Waals surface area contributed by atoms with E-state index in [1.807, 2.05) is 6.07 Å². The number of methoxy groups -OCH3 is 1. The first-order valence-corrected chi connectivity index (χ1v) is 4.94. The van der Waals surface area contributed by atoms with Crippen LogP contribution in [0.2, 0.25) is 0 Å². The first-order chi connectivity index (χ1) is 7.70. The summed E-state index contributed by atoms with van der Waals surface area (Å²) in [6, 6.07) is 8.97. The number of anilines is 1. The van der Waals surface area contributed by atoms with E-state index < -0.39 is 11.9 Å². The average Bonchev–Trinajstić information content (AvgIpc) is 2.35. The lowest BCUT2D eigenvalue weighted by atomic mass is 10.3. The molecule has 1 amide bonds. The van der Waals surface area contributed by atoms with E-state index in [1.54, 1.807) is 24.3 Å². The minimum Gasteiger partial charge on any atom is -1.00 e. The van der Waals surface area contributed by atoms with Crippen LogP contribution in [0.3, 0.4) is 0 Å². The van der Waals surface area contributed by atoms with Crippen LogP contribution in [0.5, 0.6) is 0 Å². The number of carbonyl (C=O) groups excluding carboxylic acids is 2.